The Morgan fingerprint density at radius 3 is 2.50 bits per heavy atom. The summed E-state index contributed by atoms with van der Waals surface area (Å²) in [7, 11) is 1.60. The standard InChI is InChI=1S/C18H17FN2O3/c1-18(17(22)20-14-7-5-13(19)6-8-14)11-16(21-24-18)12-3-9-15(23-2)10-4-12/h3-10H,11H2,1-2H3,(H,20,22). The molecule has 0 spiro atoms. The van der Waals surface area contributed by atoms with Crippen molar-refractivity contribution in [1.82, 2.24) is 0 Å². The van der Waals surface area contributed by atoms with Crippen molar-refractivity contribution in [2.75, 3.05) is 12.4 Å². The number of carbonyl (C=O) groups is 1. The van der Waals surface area contributed by atoms with Gasteiger partial charge in [0.05, 0.1) is 12.8 Å². The van der Waals surface area contributed by atoms with Gasteiger partial charge in [-0.05, 0) is 61.0 Å². The fraction of sp³-hybridized carbons (Fsp3) is 0.222. The molecule has 3 rings (SSSR count). The quantitative estimate of drug-likeness (QED) is 0.936. The van der Waals surface area contributed by atoms with E-state index in [1.807, 2.05) is 24.3 Å². The van der Waals surface area contributed by atoms with Gasteiger partial charge in [0.1, 0.15) is 11.6 Å². The Bertz CT molecular complexity index is 772. The molecule has 0 saturated heterocycles. The molecule has 0 saturated carbocycles. The summed E-state index contributed by atoms with van der Waals surface area (Å²) in [6.07, 6.45) is 0.340. The van der Waals surface area contributed by atoms with Gasteiger partial charge in [-0.25, -0.2) is 4.39 Å². The van der Waals surface area contributed by atoms with E-state index in [1.54, 1.807) is 14.0 Å². The van der Waals surface area contributed by atoms with Gasteiger partial charge in [0, 0.05) is 12.1 Å². The van der Waals surface area contributed by atoms with E-state index in [0.29, 0.717) is 17.8 Å². The lowest BCUT2D eigenvalue weighted by Crippen LogP contribution is -2.40. The van der Waals surface area contributed by atoms with E-state index in [-0.39, 0.29) is 11.7 Å². The van der Waals surface area contributed by atoms with E-state index < -0.39 is 5.60 Å². The topological polar surface area (TPSA) is 59.9 Å². The number of halogens is 1. The van der Waals surface area contributed by atoms with Crippen LogP contribution < -0.4 is 10.1 Å². The number of ether oxygens (including phenoxy) is 1. The molecule has 1 unspecified atom stereocenters. The monoisotopic (exact) mass is 328 g/mol. The summed E-state index contributed by atoms with van der Waals surface area (Å²) in [5.41, 5.74) is 0.955. The van der Waals surface area contributed by atoms with Crippen molar-refractivity contribution >= 4 is 17.3 Å². The minimum absolute atomic E-state index is 0.332. The smallest absolute Gasteiger partial charge is 0.271 e. The van der Waals surface area contributed by atoms with Gasteiger partial charge in [0.25, 0.3) is 5.91 Å². The molecule has 1 aliphatic rings. The first-order valence-corrected chi connectivity index (χ1v) is 7.47. The van der Waals surface area contributed by atoms with Crippen molar-refractivity contribution < 1.29 is 18.8 Å². The molecule has 1 atom stereocenters. The molecule has 1 heterocycles. The Kier molecular flexibility index (Phi) is 4.20. The second-order valence-electron chi connectivity index (χ2n) is 5.73. The summed E-state index contributed by atoms with van der Waals surface area (Å²) in [5.74, 6) is 0.0536. The minimum atomic E-state index is -1.11. The number of nitrogens with zero attached hydrogens (tertiary/aromatic N) is 1. The SMILES string of the molecule is COc1ccc(C2=NOC(C)(C(=O)Nc3ccc(F)cc3)C2)cc1. The Labute approximate surface area is 139 Å². The lowest BCUT2D eigenvalue weighted by atomic mass is 9.95. The zero-order valence-corrected chi connectivity index (χ0v) is 13.4. The average molecular weight is 328 g/mol. The van der Waals surface area contributed by atoms with Gasteiger partial charge in [-0.2, -0.15) is 0 Å². The summed E-state index contributed by atoms with van der Waals surface area (Å²) in [5, 5.41) is 6.76. The summed E-state index contributed by atoms with van der Waals surface area (Å²) >= 11 is 0. The highest BCUT2D eigenvalue weighted by atomic mass is 19.1. The molecule has 124 valence electrons. The zero-order valence-electron chi connectivity index (χ0n) is 13.4. The van der Waals surface area contributed by atoms with Crippen LogP contribution >= 0.6 is 0 Å². The van der Waals surface area contributed by atoms with E-state index in [4.69, 9.17) is 9.57 Å². The first kappa shape index (κ1) is 16.0. The van der Waals surface area contributed by atoms with Crippen molar-refractivity contribution in [2.45, 2.75) is 18.9 Å². The molecule has 1 N–H and O–H groups in total. The van der Waals surface area contributed by atoms with E-state index in [1.165, 1.54) is 24.3 Å². The van der Waals surface area contributed by atoms with Gasteiger partial charge in [0.15, 0.2) is 0 Å². The van der Waals surface area contributed by atoms with Gasteiger partial charge in [-0.3, -0.25) is 4.79 Å². The largest absolute Gasteiger partial charge is 0.497 e. The summed E-state index contributed by atoms with van der Waals surface area (Å²) in [6.45, 7) is 1.67. The molecule has 6 heteroatoms. The molecule has 0 fully saturated rings. The van der Waals surface area contributed by atoms with Crippen LogP contribution in [0.4, 0.5) is 10.1 Å². The number of amides is 1. The van der Waals surface area contributed by atoms with Crippen molar-refractivity contribution in [2.24, 2.45) is 5.16 Å². The van der Waals surface area contributed by atoms with Crippen LogP contribution in [0.1, 0.15) is 18.9 Å². The molecule has 5 nitrogen and oxygen atoms in total. The molecular formula is C18H17FN2O3. The number of anilines is 1. The molecule has 1 aliphatic heterocycles. The van der Waals surface area contributed by atoms with Gasteiger partial charge >= 0.3 is 0 Å². The van der Waals surface area contributed by atoms with Crippen LogP contribution in [-0.2, 0) is 9.63 Å². The zero-order chi connectivity index (χ0) is 17.2. The molecule has 0 radical (unpaired) electrons. The van der Waals surface area contributed by atoms with E-state index >= 15 is 0 Å². The maximum atomic E-state index is 12.9. The molecule has 2 aromatic carbocycles. The van der Waals surface area contributed by atoms with E-state index in [9.17, 15) is 9.18 Å². The third-order valence-electron chi connectivity index (χ3n) is 3.87. The van der Waals surface area contributed by atoms with Crippen molar-refractivity contribution in [3.05, 3.63) is 59.9 Å². The molecule has 1 amide bonds. The molecule has 0 bridgehead atoms. The summed E-state index contributed by atoms with van der Waals surface area (Å²) in [6, 6.07) is 12.9. The number of carbonyl (C=O) groups excluding carboxylic acids is 1. The molecule has 0 aromatic heterocycles. The number of hydrogen-bond donors (Lipinski definition) is 1. The number of benzene rings is 2. The fourth-order valence-electron chi connectivity index (χ4n) is 2.40. The Morgan fingerprint density at radius 2 is 1.88 bits per heavy atom. The van der Waals surface area contributed by atoms with Crippen LogP contribution in [-0.4, -0.2) is 24.3 Å². The van der Waals surface area contributed by atoms with Crippen molar-refractivity contribution in [3.8, 4) is 5.75 Å². The second-order valence-corrected chi connectivity index (χ2v) is 5.73. The van der Waals surface area contributed by atoms with Crippen LogP contribution in [0.2, 0.25) is 0 Å². The normalized spacial score (nSPS) is 19.4. The first-order valence-electron chi connectivity index (χ1n) is 7.47. The highest BCUT2D eigenvalue weighted by Gasteiger charge is 2.42. The Balaban J connectivity index is 1.69. The first-order chi connectivity index (χ1) is 11.5. The molecule has 2 aromatic rings. The van der Waals surface area contributed by atoms with Crippen molar-refractivity contribution in [3.63, 3.8) is 0 Å². The van der Waals surface area contributed by atoms with E-state index in [0.717, 1.165) is 11.3 Å². The maximum absolute atomic E-state index is 12.9. The number of methoxy groups -OCH3 is 1. The minimum Gasteiger partial charge on any atom is -0.497 e. The third kappa shape index (κ3) is 3.22. The lowest BCUT2D eigenvalue weighted by molar-refractivity contribution is -0.135. The second kappa shape index (κ2) is 6.31. The summed E-state index contributed by atoms with van der Waals surface area (Å²) in [4.78, 5) is 17.9. The van der Waals surface area contributed by atoms with Crippen LogP contribution in [0.3, 0.4) is 0 Å². The average Bonchev–Trinajstić information content (AvgIpc) is 3.01. The number of oxime groups is 1. The van der Waals surface area contributed by atoms with Crippen LogP contribution in [0.15, 0.2) is 53.7 Å². The Hall–Kier alpha value is -2.89. The fourth-order valence-corrected chi connectivity index (χ4v) is 2.40. The third-order valence-corrected chi connectivity index (χ3v) is 3.87. The number of rotatable bonds is 4. The highest BCUT2D eigenvalue weighted by Crippen LogP contribution is 2.28. The van der Waals surface area contributed by atoms with Crippen LogP contribution in [0.25, 0.3) is 0 Å². The predicted molar refractivity (Wildman–Crippen MR) is 88.7 cm³/mol. The van der Waals surface area contributed by atoms with Crippen LogP contribution in [0.5, 0.6) is 5.75 Å². The lowest BCUT2D eigenvalue weighted by Gasteiger charge is -2.20. The van der Waals surface area contributed by atoms with Gasteiger partial charge in [-0.15, -0.1) is 0 Å². The van der Waals surface area contributed by atoms with E-state index in [2.05, 4.69) is 10.5 Å². The van der Waals surface area contributed by atoms with Gasteiger partial charge in [0.2, 0.25) is 5.60 Å². The van der Waals surface area contributed by atoms with Crippen LogP contribution in [0, 0.1) is 5.82 Å². The molecule has 0 aliphatic carbocycles. The van der Waals surface area contributed by atoms with Gasteiger partial charge in [-0.1, -0.05) is 5.16 Å². The highest BCUT2D eigenvalue weighted by molar-refractivity contribution is 6.07. The van der Waals surface area contributed by atoms with Gasteiger partial charge < -0.3 is 14.9 Å². The summed E-state index contributed by atoms with van der Waals surface area (Å²) < 4.78 is 18.1. The molecule has 24 heavy (non-hydrogen) atoms. The Morgan fingerprint density at radius 1 is 1.21 bits per heavy atom. The molecular weight excluding hydrogens is 311 g/mol. The predicted octanol–water partition coefficient (Wildman–Crippen LogP) is 3.36. The number of hydrogen-bond acceptors (Lipinski definition) is 4. The van der Waals surface area contributed by atoms with Crippen molar-refractivity contribution in [1.29, 1.82) is 0 Å². The maximum Gasteiger partial charge on any atom is 0.271 e. The number of nitrogens with one attached hydrogen (secondary N) is 1.